The first-order valence-electron chi connectivity index (χ1n) is 7.32. The largest absolute Gasteiger partial charge is 0.309 e. The molecule has 1 aliphatic carbocycles. The van der Waals surface area contributed by atoms with Crippen molar-refractivity contribution in [1.29, 1.82) is 0 Å². The molecule has 3 nitrogen and oxygen atoms in total. The number of aryl methyl sites for hydroxylation is 1. The average Bonchev–Trinajstić information content (AvgIpc) is 2.81. The van der Waals surface area contributed by atoms with Crippen molar-refractivity contribution in [2.45, 2.75) is 31.7 Å². The molecule has 112 valence electrons. The van der Waals surface area contributed by atoms with Gasteiger partial charge in [0.25, 0.3) is 0 Å². The Morgan fingerprint density at radius 1 is 1.29 bits per heavy atom. The third kappa shape index (κ3) is 3.13. The van der Waals surface area contributed by atoms with Crippen LogP contribution in [0.2, 0.25) is 0 Å². The highest BCUT2D eigenvalue weighted by atomic mass is 19.1. The van der Waals surface area contributed by atoms with Crippen molar-refractivity contribution in [3.63, 3.8) is 0 Å². The molecule has 0 aliphatic heterocycles. The SMILES string of the molecule is Cn1ncc2c1CCCC2NCCc1cc(F)cc(F)c1. The third-order valence-corrected chi connectivity index (χ3v) is 4.10. The second-order valence-corrected chi connectivity index (χ2v) is 5.60. The molecule has 0 bridgehead atoms. The predicted molar refractivity (Wildman–Crippen MR) is 77.0 cm³/mol. The lowest BCUT2D eigenvalue weighted by molar-refractivity contribution is 0.455. The van der Waals surface area contributed by atoms with E-state index in [1.807, 2.05) is 17.9 Å². The summed E-state index contributed by atoms with van der Waals surface area (Å²) >= 11 is 0. The number of fused-ring (bicyclic) bond motifs is 1. The molecular formula is C16H19F2N3. The summed E-state index contributed by atoms with van der Waals surface area (Å²) in [6, 6.07) is 3.98. The average molecular weight is 291 g/mol. The van der Waals surface area contributed by atoms with Crippen LogP contribution in [0.25, 0.3) is 0 Å². The lowest BCUT2D eigenvalue weighted by Crippen LogP contribution is -2.27. The summed E-state index contributed by atoms with van der Waals surface area (Å²) in [5, 5.41) is 7.80. The van der Waals surface area contributed by atoms with E-state index in [2.05, 4.69) is 10.4 Å². The number of benzene rings is 1. The molecule has 0 radical (unpaired) electrons. The standard InChI is InChI=1S/C16H19F2N3/c1-21-16-4-2-3-15(14(16)10-20-21)19-6-5-11-7-12(17)9-13(18)8-11/h7-10,15,19H,2-6H2,1H3. The molecule has 3 rings (SSSR count). The van der Waals surface area contributed by atoms with Gasteiger partial charge >= 0.3 is 0 Å². The Morgan fingerprint density at radius 3 is 2.81 bits per heavy atom. The fourth-order valence-electron chi connectivity index (χ4n) is 3.06. The highest BCUT2D eigenvalue weighted by Gasteiger charge is 2.22. The van der Waals surface area contributed by atoms with Crippen molar-refractivity contribution >= 4 is 0 Å². The van der Waals surface area contributed by atoms with Gasteiger partial charge in [0.1, 0.15) is 11.6 Å². The minimum Gasteiger partial charge on any atom is -0.309 e. The van der Waals surface area contributed by atoms with Crippen molar-refractivity contribution in [3.05, 3.63) is 52.9 Å². The minimum absolute atomic E-state index is 0.292. The zero-order chi connectivity index (χ0) is 14.8. The Balaban J connectivity index is 1.61. The Hall–Kier alpha value is -1.75. The Bertz CT molecular complexity index is 616. The number of halogens is 2. The van der Waals surface area contributed by atoms with Crippen molar-refractivity contribution in [3.8, 4) is 0 Å². The zero-order valence-corrected chi connectivity index (χ0v) is 12.1. The molecule has 1 aromatic heterocycles. The van der Waals surface area contributed by atoms with E-state index >= 15 is 0 Å². The molecule has 1 heterocycles. The van der Waals surface area contributed by atoms with Gasteiger partial charge in [-0.15, -0.1) is 0 Å². The lowest BCUT2D eigenvalue weighted by atomic mass is 9.93. The number of hydrogen-bond donors (Lipinski definition) is 1. The number of nitrogens with one attached hydrogen (secondary N) is 1. The van der Waals surface area contributed by atoms with Gasteiger partial charge in [0, 0.05) is 30.4 Å². The van der Waals surface area contributed by atoms with Crippen LogP contribution in [0.15, 0.2) is 24.4 Å². The molecule has 0 saturated heterocycles. The molecule has 0 fully saturated rings. The van der Waals surface area contributed by atoms with E-state index in [9.17, 15) is 8.78 Å². The first-order valence-corrected chi connectivity index (χ1v) is 7.32. The van der Waals surface area contributed by atoms with Gasteiger partial charge in [-0.25, -0.2) is 8.78 Å². The summed E-state index contributed by atoms with van der Waals surface area (Å²) in [6.45, 7) is 0.696. The van der Waals surface area contributed by atoms with Crippen LogP contribution in [-0.2, 0) is 19.9 Å². The molecule has 1 aliphatic rings. The van der Waals surface area contributed by atoms with Crippen LogP contribution in [0, 0.1) is 11.6 Å². The highest BCUT2D eigenvalue weighted by molar-refractivity contribution is 5.25. The van der Waals surface area contributed by atoms with Crippen LogP contribution in [0.4, 0.5) is 8.78 Å². The van der Waals surface area contributed by atoms with Gasteiger partial charge in [0.15, 0.2) is 0 Å². The van der Waals surface area contributed by atoms with Crippen molar-refractivity contribution in [2.24, 2.45) is 7.05 Å². The Morgan fingerprint density at radius 2 is 2.05 bits per heavy atom. The monoisotopic (exact) mass is 291 g/mol. The van der Waals surface area contributed by atoms with Gasteiger partial charge in [-0.1, -0.05) is 0 Å². The Kier molecular flexibility index (Phi) is 4.01. The minimum atomic E-state index is -0.516. The third-order valence-electron chi connectivity index (χ3n) is 4.10. The molecule has 0 saturated carbocycles. The summed E-state index contributed by atoms with van der Waals surface area (Å²) in [4.78, 5) is 0. The summed E-state index contributed by atoms with van der Waals surface area (Å²) in [6.07, 6.45) is 5.82. The number of rotatable bonds is 4. The number of aromatic nitrogens is 2. The maximum absolute atomic E-state index is 13.1. The second-order valence-electron chi connectivity index (χ2n) is 5.60. The van der Waals surface area contributed by atoms with Crippen molar-refractivity contribution < 1.29 is 8.78 Å². The molecule has 1 atom stereocenters. The van der Waals surface area contributed by atoms with Gasteiger partial charge in [-0.05, 0) is 49.9 Å². The maximum Gasteiger partial charge on any atom is 0.126 e. The van der Waals surface area contributed by atoms with Crippen molar-refractivity contribution in [1.82, 2.24) is 15.1 Å². The van der Waals surface area contributed by atoms with Gasteiger partial charge in [0.2, 0.25) is 0 Å². The van der Waals surface area contributed by atoms with Gasteiger partial charge in [-0.2, -0.15) is 5.10 Å². The molecule has 2 aromatic rings. The van der Waals surface area contributed by atoms with Crippen LogP contribution in [0.1, 0.15) is 35.7 Å². The van der Waals surface area contributed by atoms with Gasteiger partial charge in [-0.3, -0.25) is 4.68 Å². The van der Waals surface area contributed by atoms with E-state index in [1.54, 1.807) is 0 Å². The van der Waals surface area contributed by atoms with Crippen molar-refractivity contribution in [2.75, 3.05) is 6.54 Å². The molecule has 5 heteroatoms. The lowest BCUT2D eigenvalue weighted by Gasteiger charge is -2.24. The first kappa shape index (κ1) is 14.2. The maximum atomic E-state index is 13.1. The van der Waals surface area contributed by atoms with Crippen LogP contribution < -0.4 is 5.32 Å². The van der Waals surface area contributed by atoms with E-state index in [0.29, 0.717) is 24.6 Å². The van der Waals surface area contributed by atoms with Gasteiger partial charge in [0.05, 0.1) is 6.20 Å². The molecular weight excluding hydrogens is 272 g/mol. The summed E-state index contributed by atoms with van der Waals surface area (Å²) in [5.74, 6) is -1.03. The van der Waals surface area contributed by atoms with Crippen LogP contribution in [0.3, 0.4) is 0 Å². The fraction of sp³-hybridized carbons (Fsp3) is 0.438. The molecule has 21 heavy (non-hydrogen) atoms. The van der Waals surface area contributed by atoms with E-state index < -0.39 is 11.6 Å². The van der Waals surface area contributed by atoms with Crippen LogP contribution in [-0.4, -0.2) is 16.3 Å². The topological polar surface area (TPSA) is 29.9 Å². The molecule has 1 aromatic carbocycles. The first-order chi connectivity index (χ1) is 10.1. The highest BCUT2D eigenvalue weighted by Crippen LogP contribution is 2.28. The van der Waals surface area contributed by atoms with Crippen LogP contribution in [0.5, 0.6) is 0 Å². The summed E-state index contributed by atoms with van der Waals surface area (Å²) in [7, 11) is 1.97. The molecule has 0 spiro atoms. The van der Waals surface area contributed by atoms with E-state index in [4.69, 9.17) is 0 Å². The molecule has 0 amide bonds. The normalized spacial score (nSPS) is 17.8. The summed E-state index contributed by atoms with van der Waals surface area (Å²) in [5.41, 5.74) is 3.23. The van der Waals surface area contributed by atoms with E-state index in [0.717, 1.165) is 25.3 Å². The predicted octanol–water partition coefficient (Wildman–Crippen LogP) is 2.91. The van der Waals surface area contributed by atoms with E-state index in [-0.39, 0.29) is 0 Å². The second kappa shape index (κ2) is 5.93. The van der Waals surface area contributed by atoms with Crippen LogP contribution >= 0.6 is 0 Å². The fourth-order valence-corrected chi connectivity index (χ4v) is 3.06. The quantitative estimate of drug-likeness (QED) is 0.938. The smallest absolute Gasteiger partial charge is 0.126 e. The van der Waals surface area contributed by atoms with Gasteiger partial charge < -0.3 is 5.32 Å². The Labute approximate surface area is 123 Å². The molecule has 1 N–H and O–H groups in total. The summed E-state index contributed by atoms with van der Waals surface area (Å²) < 4.78 is 28.2. The molecule has 1 unspecified atom stereocenters. The van der Waals surface area contributed by atoms with E-state index in [1.165, 1.54) is 23.4 Å². The number of nitrogens with zero attached hydrogens (tertiary/aromatic N) is 2. The number of hydrogen-bond acceptors (Lipinski definition) is 2. The zero-order valence-electron chi connectivity index (χ0n) is 12.1.